The van der Waals surface area contributed by atoms with Gasteiger partial charge in [0.05, 0.1) is 5.69 Å². The topological polar surface area (TPSA) is 50.2 Å². The summed E-state index contributed by atoms with van der Waals surface area (Å²) < 4.78 is 1.89. The molecule has 1 fully saturated rings. The zero-order chi connectivity index (χ0) is 12.4. The van der Waals surface area contributed by atoms with Gasteiger partial charge in [0.15, 0.2) is 0 Å². The minimum absolute atomic E-state index is 0.0652. The highest BCUT2D eigenvalue weighted by Crippen LogP contribution is 2.12. The molecule has 1 aromatic rings. The van der Waals surface area contributed by atoms with Gasteiger partial charge in [-0.25, -0.2) is 4.79 Å². The number of urea groups is 1. The first-order chi connectivity index (χ1) is 8.09. The molecule has 0 radical (unpaired) electrons. The van der Waals surface area contributed by atoms with Crippen LogP contribution in [0, 0.1) is 13.8 Å². The number of hydrogen-bond acceptors (Lipinski definition) is 2. The second kappa shape index (κ2) is 4.77. The molecule has 0 saturated carbocycles. The zero-order valence-electron chi connectivity index (χ0n) is 10.8. The van der Waals surface area contributed by atoms with E-state index in [0.717, 1.165) is 31.6 Å². The van der Waals surface area contributed by atoms with Gasteiger partial charge in [-0.15, -0.1) is 0 Å². The molecular formula is C12H20N4O. The van der Waals surface area contributed by atoms with Crippen molar-refractivity contribution in [2.24, 2.45) is 7.05 Å². The molecule has 0 bridgehead atoms. The Kier molecular flexibility index (Phi) is 3.36. The minimum Gasteiger partial charge on any atom is -0.338 e. The molecule has 94 valence electrons. The summed E-state index contributed by atoms with van der Waals surface area (Å²) >= 11 is 0. The highest BCUT2D eigenvalue weighted by Gasteiger charge is 2.19. The van der Waals surface area contributed by atoms with Gasteiger partial charge in [-0.2, -0.15) is 5.10 Å². The number of likely N-dealkylation sites (tertiary alicyclic amines) is 1. The standard InChI is InChI=1S/C12H20N4O/c1-9-11(10(2)15(3)14-9)5-6-13-12(17)16-7-4-8-16/h4-8H2,1-3H3,(H,13,17). The van der Waals surface area contributed by atoms with Crippen molar-refractivity contribution in [3.8, 4) is 0 Å². The number of aromatic nitrogens is 2. The highest BCUT2D eigenvalue weighted by molar-refractivity contribution is 5.74. The Labute approximate surface area is 102 Å². The van der Waals surface area contributed by atoms with Gasteiger partial charge in [-0.05, 0) is 32.3 Å². The van der Waals surface area contributed by atoms with Crippen molar-refractivity contribution in [1.29, 1.82) is 0 Å². The minimum atomic E-state index is 0.0652. The molecular weight excluding hydrogens is 216 g/mol. The summed E-state index contributed by atoms with van der Waals surface area (Å²) in [4.78, 5) is 13.4. The predicted molar refractivity (Wildman–Crippen MR) is 66.0 cm³/mol. The quantitative estimate of drug-likeness (QED) is 0.851. The third kappa shape index (κ3) is 2.43. The summed E-state index contributed by atoms with van der Waals surface area (Å²) in [6, 6.07) is 0.0652. The number of carbonyl (C=O) groups excluding carboxylic acids is 1. The van der Waals surface area contributed by atoms with Gasteiger partial charge in [0.25, 0.3) is 0 Å². The van der Waals surface area contributed by atoms with E-state index in [2.05, 4.69) is 17.3 Å². The third-order valence-corrected chi connectivity index (χ3v) is 3.45. The summed E-state index contributed by atoms with van der Waals surface area (Å²) in [6.45, 7) is 6.56. The van der Waals surface area contributed by atoms with Gasteiger partial charge in [0, 0.05) is 32.4 Å². The molecule has 2 heterocycles. The summed E-state index contributed by atoms with van der Waals surface area (Å²) in [6.07, 6.45) is 1.99. The van der Waals surface area contributed by atoms with Crippen LogP contribution in [0.2, 0.25) is 0 Å². The monoisotopic (exact) mass is 236 g/mol. The summed E-state index contributed by atoms with van der Waals surface area (Å²) in [5.74, 6) is 0. The smallest absolute Gasteiger partial charge is 0.317 e. The number of amides is 2. The van der Waals surface area contributed by atoms with Crippen molar-refractivity contribution in [1.82, 2.24) is 20.0 Å². The normalized spacial score (nSPS) is 14.6. The Hall–Kier alpha value is -1.52. The SMILES string of the molecule is Cc1nn(C)c(C)c1CCNC(=O)N1CCC1. The molecule has 1 N–H and O–H groups in total. The number of nitrogens with zero attached hydrogens (tertiary/aromatic N) is 3. The van der Waals surface area contributed by atoms with E-state index in [1.165, 1.54) is 11.3 Å². The predicted octanol–water partition coefficient (Wildman–Crippen LogP) is 0.995. The summed E-state index contributed by atoms with van der Waals surface area (Å²) in [5.41, 5.74) is 3.49. The molecule has 0 aliphatic carbocycles. The Bertz CT molecular complexity index is 420. The Balaban J connectivity index is 1.83. The van der Waals surface area contributed by atoms with E-state index in [0.29, 0.717) is 6.54 Å². The number of aryl methyl sites for hydroxylation is 2. The maximum Gasteiger partial charge on any atom is 0.317 e. The molecule has 1 aliphatic rings. The molecule has 1 aromatic heterocycles. The lowest BCUT2D eigenvalue weighted by molar-refractivity contribution is 0.168. The molecule has 0 unspecified atom stereocenters. The van der Waals surface area contributed by atoms with E-state index in [9.17, 15) is 4.79 Å². The number of hydrogen-bond donors (Lipinski definition) is 1. The second-order valence-corrected chi connectivity index (χ2v) is 4.60. The van der Waals surface area contributed by atoms with Crippen molar-refractivity contribution < 1.29 is 4.79 Å². The van der Waals surface area contributed by atoms with Gasteiger partial charge in [-0.3, -0.25) is 4.68 Å². The second-order valence-electron chi connectivity index (χ2n) is 4.60. The molecule has 0 atom stereocenters. The molecule has 5 nitrogen and oxygen atoms in total. The van der Waals surface area contributed by atoms with Gasteiger partial charge >= 0.3 is 6.03 Å². The molecule has 0 spiro atoms. The maximum atomic E-state index is 11.6. The van der Waals surface area contributed by atoms with Crippen LogP contribution in [0.1, 0.15) is 23.4 Å². The zero-order valence-corrected chi connectivity index (χ0v) is 10.8. The van der Waals surface area contributed by atoms with Gasteiger partial charge in [0.2, 0.25) is 0 Å². The van der Waals surface area contributed by atoms with Crippen molar-refractivity contribution in [3.05, 3.63) is 17.0 Å². The first-order valence-corrected chi connectivity index (χ1v) is 6.11. The van der Waals surface area contributed by atoms with Crippen molar-refractivity contribution in [2.75, 3.05) is 19.6 Å². The van der Waals surface area contributed by atoms with Crippen molar-refractivity contribution in [3.63, 3.8) is 0 Å². The Morgan fingerprint density at radius 3 is 2.59 bits per heavy atom. The Morgan fingerprint density at radius 2 is 2.12 bits per heavy atom. The first kappa shape index (κ1) is 12.0. The van der Waals surface area contributed by atoms with Crippen molar-refractivity contribution >= 4 is 6.03 Å². The molecule has 1 saturated heterocycles. The molecule has 1 aliphatic heterocycles. The molecule has 0 aromatic carbocycles. The summed E-state index contributed by atoms with van der Waals surface area (Å²) in [5, 5.41) is 7.31. The maximum absolute atomic E-state index is 11.6. The van der Waals surface area contributed by atoms with Crippen LogP contribution in [0.4, 0.5) is 4.79 Å². The van der Waals surface area contributed by atoms with Gasteiger partial charge < -0.3 is 10.2 Å². The largest absolute Gasteiger partial charge is 0.338 e. The Morgan fingerprint density at radius 1 is 1.41 bits per heavy atom. The van der Waals surface area contributed by atoms with E-state index >= 15 is 0 Å². The van der Waals surface area contributed by atoms with E-state index in [-0.39, 0.29) is 6.03 Å². The van der Waals surface area contributed by atoms with Crippen molar-refractivity contribution in [2.45, 2.75) is 26.7 Å². The highest BCUT2D eigenvalue weighted by atomic mass is 16.2. The fourth-order valence-electron chi connectivity index (χ4n) is 2.10. The number of nitrogens with one attached hydrogen (secondary N) is 1. The summed E-state index contributed by atoms with van der Waals surface area (Å²) in [7, 11) is 1.95. The lowest BCUT2D eigenvalue weighted by Gasteiger charge is -2.30. The molecule has 5 heteroatoms. The molecule has 17 heavy (non-hydrogen) atoms. The van der Waals surface area contributed by atoms with Crippen LogP contribution < -0.4 is 5.32 Å². The lowest BCUT2D eigenvalue weighted by atomic mass is 10.1. The lowest BCUT2D eigenvalue weighted by Crippen LogP contribution is -2.48. The van der Waals surface area contributed by atoms with Crippen LogP contribution in [-0.2, 0) is 13.5 Å². The van der Waals surface area contributed by atoms with Gasteiger partial charge in [0.1, 0.15) is 0 Å². The van der Waals surface area contributed by atoms with Crippen LogP contribution in [0.3, 0.4) is 0 Å². The van der Waals surface area contributed by atoms with Gasteiger partial charge in [-0.1, -0.05) is 0 Å². The average Bonchev–Trinajstić information content (AvgIpc) is 2.42. The third-order valence-electron chi connectivity index (χ3n) is 3.45. The van der Waals surface area contributed by atoms with Crippen LogP contribution in [-0.4, -0.2) is 40.3 Å². The molecule has 2 amide bonds. The van der Waals surface area contributed by atoms with E-state index in [1.54, 1.807) is 0 Å². The van der Waals surface area contributed by atoms with Crippen LogP contribution in [0.15, 0.2) is 0 Å². The van der Waals surface area contributed by atoms with Crippen LogP contribution >= 0.6 is 0 Å². The number of carbonyl (C=O) groups is 1. The fraction of sp³-hybridized carbons (Fsp3) is 0.667. The first-order valence-electron chi connectivity index (χ1n) is 6.11. The number of rotatable bonds is 3. The van der Waals surface area contributed by atoms with Crippen LogP contribution in [0.25, 0.3) is 0 Å². The fourth-order valence-corrected chi connectivity index (χ4v) is 2.10. The van der Waals surface area contributed by atoms with Crippen LogP contribution in [0.5, 0.6) is 0 Å². The molecule has 2 rings (SSSR count). The van der Waals surface area contributed by atoms with E-state index < -0.39 is 0 Å². The van der Waals surface area contributed by atoms with E-state index in [1.807, 2.05) is 23.6 Å². The average molecular weight is 236 g/mol. The van der Waals surface area contributed by atoms with E-state index in [4.69, 9.17) is 0 Å².